The van der Waals surface area contributed by atoms with Crippen LogP contribution in [-0.2, 0) is 13.5 Å². The summed E-state index contributed by atoms with van der Waals surface area (Å²) in [6, 6.07) is 4.07. The molecule has 1 unspecified atom stereocenters. The summed E-state index contributed by atoms with van der Waals surface area (Å²) in [5.41, 5.74) is 1.26. The van der Waals surface area contributed by atoms with E-state index in [-0.39, 0.29) is 24.0 Å². The summed E-state index contributed by atoms with van der Waals surface area (Å²) in [6.07, 6.45) is 8.83. The molecule has 3 heterocycles. The predicted octanol–water partition coefficient (Wildman–Crippen LogP) is 2.46. The van der Waals surface area contributed by atoms with E-state index in [2.05, 4.69) is 36.8 Å². The van der Waals surface area contributed by atoms with Crippen LogP contribution in [0.4, 0.5) is 5.82 Å². The minimum Gasteiger partial charge on any atom is -0.356 e. The van der Waals surface area contributed by atoms with Crippen molar-refractivity contribution in [3.8, 4) is 0 Å². The number of aryl methyl sites for hydroxylation is 2. The Labute approximate surface area is 182 Å². The first kappa shape index (κ1) is 21.7. The molecule has 2 aromatic rings. The number of nitrogens with one attached hydrogen (secondary N) is 2. The Morgan fingerprint density at radius 2 is 2.30 bits per heavy atom. The third-order valence-corrected chi connectivity index (χ3v) is 4.78. The quantitative estimate of drug-likeness (QED) is 0.274. The summed E-state index contributed by atoms with van der Waals surface area (Å²) >= 11 is 6.25. The van der Waals surface area contributed by atoms with E-state index in [9.17, 15) is 0 Å². The second-order valence-corrected chi connectivity index (χ2v) is 6.92. The number of guanidine groups is 1. The van der Waals surface area contributed by atoms with Gasteiger partial charge in [0, 0.05) is 52.2 Å². The molecule has 2 aromatic heterocycles. The molecule has 27 heavy (non-hydrogen) atoms. The van der Waals surface area contributed by atoms with Crippen LogP contribution in [0, 0.1) is 0 Å². The van der Waals surface area contributed by atoms with Gasteiger partial charge >= 0.3 is 0 Å². The number of aromatic nitrogens is 3. The van der Waals surface area contributed by atoms with E-state index in [0.29, 0.717) is 11.1 Å². The number of halogens is 2. The lowest BCUT2D eigenvalue weighted by molar-refractivity contribution is 0.642. The number of rotatable bonds is 6. The molecule has 9 heteroatoms. The molecule has 1 saturated heterocycles. The molecule has 0 saturated carbocycles. The second-order valence-electron chi connectivity index (χ2n) is 6.51. The molecular formula is C18H27ClIN7. The number of pyridine rings is 1. The lowest BCUT2D eigenvalue weighted by atomic mass is 10.2. The Morgan fingerprint density at radius 1 is 1.44 bits per heavy atom. The molecule has 0 aliphatic carbocycles. The van der Waals surface area contributed by atoms with E-state index in [0.717, 1.165) is 50.7 Å². The third-order valence-electron chi connectivity index (χ3n) is 4.48. The van der Waals surface area contributed by atoms with Crippen molar-refractivity contribution in [1.82, 2.24) is 25.4 Å². The molecule has 1 fully saturated rings. The Kier molecular flexibility index (Phi) is 8.62. The monoisotopic (exact) mass is 503 g/mol. The van der Waals surface area contributed by atoms with Crippen LogP contribution in [0.2, 0.25) is 5.02 Å². The third kappa shape index (κ3) is 6.24. The summed E-state index contributed by atoms with van der Waals surface area (Å²) in [6.45, 7) is 2.68. The maximum absolute atomic E-state index is 6.25. The first-order valence-corrected chi connectivity index (χ1v) is 9.33. The van der Waals surface area contributed by atoms with E-state index in [1.54, 1.807) is 13.2 Å². The highest BCUT2D eigenvalue weighted by Crippen LogP contribution is 2.25. The normalized spacial score (nSPS) is 16.9. The molecule has 2 N–H and O–H groups in total. The van der Waals surface area contributed by atoms with Gasteiger partial charge in [-0.05, 0) is 37.0 Å². The number of aliphatic imine (C=N–C) groups is 1. The van der Waals surface area contributed by atoms with Crippen LogP contribution in [0.1, 0.15) is 18.4 Å². The Morgan fingerprint density at radius 3 is 3.00 bits per heavy atom. The van der Waals surface area contributed by atoms with Crippen LogP contribution < -0.4 is 15.5 Å². The zero-order valence-electron chi connectivity index (χ0n) is 15.7. The van der Waals surface area contributed by atoms with E-state index < -0.39 is 0 Å². The number of nitrogens with zero attached hydrogens (tertiary/aromatic N) is 5. The molecule has 0 radical (unpaired) electrons. The fraction of sp³-hybridized carbons (Fsp3) is 0.500. The average Bonchev–Trinajstić information content (AvgIpc) is 3.27. The van der Waals surface area contributed by atoms with Crippen molar-refractivity contribution in [2.24, 2.45) is 12.0 Å². The maximum atomic E-state index is 6.25. The molecule has 0 spiro atoms. The van der Waals surface area contributed by atoms with Crippen molar-refractivity contribution in [1.29, 1.82) is 0 Å². The lowest BCUT2D eigenvalue weighted by Crippen LogP contribution is -2.45. The van der Waals surface area contributed by atoms with Crippen molar-refractivity contribution >= 4 is 47.4 Å². The average molecular weight is 504 g/mol. The van der Waals surface area contributed by atoms with Gasteiger partial charge in [0.2, 0.25) is 0 Å². The lowest BCUT2D eigenvalue weighted by Gasteiger charge is -2.20. The highest BCUT2D eigenvalue weighted by molar-refractivity contribution is 14.0. The van der Waals surface area contributed by atoms with Crippen molar-refractivity contribution < 1.29 is 0 Å². The largest absolute Gasteiger partial charge is 0.356 e. The molecule has 1 aliphatic rings. The van der Waals surface area contributed by atoms with E-state index >= 15 is 0 Å². The van der Waals surface area contributed by atoms with Crippen LogP contribution in [0.3, 0.4) is 0 Å². The Bertz CT molecular complexity index is 749. The highest BCUT2D eigenvalue weighted by atomic mass is 127. The van der Waals surface area contributed by atoms with Gasteiger partial charge in [0.25, 0.3) is 0 Å². The van der Waals surface area contributed by atoms with Crippen molar-refractivity contribution in [3.63, 3.8) is 0 Å². The van der Waals surface area contributed by atoms with Gasteiger partial charge in [-0.1, -0.05) is 11.6 Å². The van der Waals surface area contributed by atoms with Gasteiger partial charge in [-0.15, -0.1) is 24.0 Å². The first-order chi connectivity index (χ1) is 12.7. The van der Waals surface area contributed by atoms with E-state index in [4.69, 9.17) is 11.6 Å². The number of hydrogen-bond acceptors (Lipinski definition) is 4. The van der Waals surface area contributed by atoms with Gasteiger partial charge in [-0.3, -0.25) is 9.67 Å². The van der Waals surface area contributed by atoms with Crippen LogP contribution in [0.25, 0.3) is 0 Å². The van der Waals surface area contributed by atoms with Crippen LogP contribution in [0.15, 0.2) is 35.7 Å². The molecule has 148 valence electrons. The van der Waals surface area contributed by atoms with Gasteiger partial charge in [0.1, 0.15) is 5.82 Å². The number of hydrogen-bond donors (Lipinski definition) is 2. The first-order valence-electron chi connectivity index (χ1n) is 8.96. The van der Waals surface area contributed by atoms with Crippen molar-refractivity contribution in [2.45, 2.75) is 25.3 Å². The standard InChI is InChI=1S/C18H26ClN7.HI/c1-20-18(22-9-3-5-14-11-23-25(2)12-14)24-15-7-10-26(13-15)17-16(19)6-4-8-21-17;/h4,6,8,11-12,15H,3,5,7,9-10,13H2,1-2H3,(H2,20,22,24);1H. The second kappa shape index (κ2) is 10.7. The van der Waals surface area contributed by atoms with E-state index in [1.165, 1.54) is 5.56 Å². The minimum absolute atomic E-state index is 0. The summed E-state index contributed by atoms with van der Waals surface area (Å²) in [5, 5.41) is 11.8. The number of anilines is 1. The van der Waals surface area contributed by atoms with Crippen LogP contribution in [-0.4, -0.2) is 53.4 Å². The zero-order chi connectivity index (χ0) is 18.4. The topological polar surface area (TPSA) is 70.4 Å². The van der Waals surface area contributed by atoms with Gasteiger partial charge < -0.3 is 15.5 Å². The van der Waals surface area contributed by atoms with Crippen LogP contribution >= 0.6 is 35.6 Å². The highest BCUT2D eigenvalue weighted by Gasteiger charge is 2.25. The Balaban J connectivity index is 0.00000261. The van der Waals surface area contributed by atoms with E-state index in [1.807, 2.05) is 30.1 Å². The molecule has 7 nitrogen and oxygen atoms in total. The van der Waals surface area contributed by atoms with Crippen molar-refractivity contribution in [3.05, 3.63) is 41.3 Å². The Hall–Kier alpha value is -1.55. The predicted molar refractivity (Wildman–Crippen MR) is 121 cm³/mol. The summed E-state index contributed by atoms with van der Waals surface area (Å²) in [7, 11) is 3.75. The summed E-state index contributed by atoms with van der Waals surface area (Å²) in [4.78, 5) is 10.9. The maximum Gasteiger partial charge on any atom is 0.191 e. The molecule has 1 aliphatic heterocycles. The molecule has 0 amide bonds. The summed E-state index contributed by atoms with van der Waals surface area (Å²) < 4.78 is 1.84. The fourth-order valence-corrected chi connectivity index (χ4v) is 3.41. The zero-order valence-corrected chi connectivity index (χ0v) is 18.8. The molecule has 1 atom stereocenters. The van der Waals surface area contributed by atoms with Gasteiger partial charge in [0.05, 0.1) is 11.2 Å². The van der Waals surface area contributed by atoms with Crippen LogP contribution in [0.5, 0.6) is 0 Å². The molecule has 0 bridgehead atoms. The van der Waals surface area contributed by atoms with Crippen molar-refractivity contribution in [2.75, 3.05) is 31.6 Å². The molecule has 3 rings (SSSR count). The SMILES string of the molecule is CN=C(NCCCc1cnn(C)c1)NC1CCN(c2ncccc2Cl)C1.I. The summed E-state index contributed by atoms with van der Waals surface area (Å²) in [5.74, 6) is 1.70. The minimum atomic E-state index is 0. The van der Waals surface area contributed by atoms with Gasteiger partial charge in [0.15, 0.2) is 5.96 Å². The van der Waals surface area contributed by atoms with Gasteiger partial charge in [-0.25, -0.2) is 4.98 Å². The fourth-order valence-electron chi connectivity index (χ4n) is 3.17. The molecular weight excluding hydrogens is 477 g/mol. The molecule has 0 aromatic carbocycles. The van der Waals surface area contributed by atoms with Gasteiger partial charge in [-0.2, -0.15) is 5.10 Å². The smallest absolute Gasteiger partial charge is 0.191 e.